The molecular formula is C57H78N4. The number of hydrogen-bond acceptors (Lipinski definition) is 4. The maximum Gasteiger partial charge on any atom is 0.0124 e. The smallest absolute Gasteiger partial charge is 0.0124 e. The van der Waals surface area contributed by atoms with Gasteiger partial charge in [-0.05, 0) is 140 Å². The van der Waals surface area contributed by atoms with Crippen LogP contribution in [0.15, 0.2) is 97.1 Å². The Hall–Kier alpha value is -3.28. The van der Waals surface area contributed by atoms with E-state index in [1.165, 1.54) is 120 Å². The third kappa shape index (κ3) is 8.46. The fraction of sp³-hybridized carbons (Fsp3) is 0.579. The lowest BCUT2D eigenvalue weighted by Gasteiger charge is -2.24. The minimum atomic E-state index is 0.526. The van der Waals surface area contributed by atoms with Crippen molar-refractivity contribution in [1.82, 2.24) is 19.6 Å². The van der Waals surface area contributed by atoms with E-state index in [9.17, 15) is 0 Å². The van der Waals surface area contributed by atoms with E-state index in [0.717, 1.165) is 23.7 Å². The molecule has 0 N–H and O–H groups in total. The first-order chi connectivity index (χ1) is 29.3. The number of fused-ring (bicyclic) bond motifs is 4. The molecule has 4 heteroatoms. The number of likely N-dealkylation sites (tertiary alicyclic amines) is 4. The van der Waals surface area contributed by atoms with Crippen LogP contribution < -0.4 is 0 Å². The van der Waals surface area contributed by atoms with Crippen molar-refractivity contribution in [2.75, 3.05) is 72.5 Å². The molecule has 4 heterocycles. The standard InChI is InChI=1S/2C15H21N.C14H19N.C13H17N/c1-11(2)16-9-14-8-15(14,10-16)13-6-4-12(3)5-7-13;1-3-8-16-10-14-9-15(14,11-16)13-6-4-12(2)5-7-13;1-3-15-9-13-8-14(13,10-15)12-6-4-11(2)5-7-12;1-10-3-5-11(6-4-10)13-7-12(13)8-14(2)9-13/h4-7,11,14H,8-10H2,1-3H3;4-7,14H,3,8-11H2,1-2H3;4-7,13H,3,8-10H2,1-2H3;3-6,12H,7-9H2,1-2H3. The van der Waals surface area contributed by atoms with Crippen molar-refractivity contribution >= 4 is 0 Å². The molecule has 4 saturated carbocycles. The Morgan fingerprint density at radius 3 is 1.13 bits per heavy atom. The Morgan fingerprint density at radius 1 is 0.459 bits per heavy atom. The van der Waals surface area contributed by atoms with Crippen molar-refractivity contribution in [3.8, 4) is 0 Å². The topological polar surface area (TPSA) is 13.0 Å². The van der Waals surface area contributed by atoms with Crippen LogP contribution in [0.3, 0.4) is 0 Å². The minimum absolute atomic E-state index is 0.526. The van der Waals surface area contributed by atoms with Gasteiger partial charge in [0.2, 0.25) is 0 Å². The van der Waals surface area contributed by atoms with Gasteiger partial charge < -0.3 is 14.7 Å². The molecular weight excluding hydrogens is 741 g/mol. The molecule has 0 spiro atoms. The summed E-state index contributed by atoms with van der Waals surface area (Å²) in [5, 5.41) is 0. The van der Waals surface area contributed by atoms with E-state index >= 15 is 0 Å². The Kier molecular flexibility index (Phi) is 11.8. The van der Waals surface area contributed by atoms with Crippen LogP contribution in [0.1, 0.15) is 104 Å². The summed E-state index contributed by atoms with van der Waals surface area (Å²) in [6.45, 7) is 30.7. The molecule has 8 aliphatic rings. The van der Waals surface area contributed by atoms with E-state index in [1.807, 2.05) is 0 Å². The lowest BCUT2D eigenvalue weighted by molar-refractivity contribution is 0.243. The van der Waals surface area contributed by atoms with E-state index in [0.29, 0.717) is 27.7 Å². The summed E-state index contributed by atoms with van der Waals surface area (Å²) >= 11 is 0. The average molecular weight is 819 g/mol. The highest BCUT2D eigenvalue weighted by Gasteiger charge is 2.62. The van der Waals surface area contributed by atoms with Crippen LogP contribution in [-0.2, 0) is 21.7 Å². The minimum Gasteiger partial charge on any atom is -0.305 e. The van der Waals surface area contributed by atoms with Gasteiger partial charge in [0.25, 0.3) is 0 Å². The van der Waals surface area contributed by atoms with Crippen LogP contribution >= 0.6 is 0 Å². The molecule has 0 bridgehead atoms. The molecule has 0 aromatic heterocycles. The first kappa shape index (κ1) is 43.0. The van der Waals surface area contributed by atoms with Crippen molar-refractivity contribution in [3.63, 3.8) is 0 Å². The van der Waals surface area contributed by atoms with Crippen molar-refractivity contribution in [2.45, 2.75) is 115 Å². The maximum atomic E-state index is 2.65. The van der Waals surface area contributed by atoms with Crippen LogP contribution in [0.4, 0.5) is 0 Å². The molecule has 0 amide bonds. The summed E-state index contributed by atoms with van der Waals surface area (Å²) < 4.78 is 0. The number of hydrogen-bond donors (Lipinski definition) is 0. The Labute approximate surface area is 371 Å². The summed E-state index contributed by atoms with van der Waals surface area (Å²) in [6, 6.07) is 37.5. The molecule has 4 saturated heterocycles. The second-order valence-corrected chi connectivity index (χ2v) is 22.0. The number of rotatable bonds is 8. The van der Waals surface area contributed by atoms with Crippen molar-refractivity contribution in [2.24, 2.45) is 23.7 Å². The number of piperidine rings is 4. The van der Waals surface area contributed by atoms with Crippen LogP contribution in [0.2, 0.25) is 0 Å². The van der Waals surface area contributed by atoms with E-state index in [4.69, 9.17) is 0 Å². The molecule has 4 aromatic carbocycles. The van der Waals surface area contributed by atoms with Gasteiger partial charge in [0, 0.05) is 80.1 Å². The molecule has 0 radical (unpaired) electrons. The largest absolute Gasteiger partial charge is 0.305 e. The SMILES string of the molecule is CCCN1CC2CC2(c2ccc(C)cc2)C1.CCN1CC2CC2(c2ccc(C)cc2)C1.Cc1ccc(C23CC2CN(C(C)C)C3)cc1.Cc1ccc(C23CC2CN(C)C3)cc1. The van der Waals surface area contributed by atoms with Gasteiger partial charge in [0.05, 0.1) is 0 Å². The Balaban J connectivity index is 0.000000104. The third-order valence-corrected chi connectivity index (χ3v) is 17.1. The molecule has 326 valence electrons. The number of nitrogens with zero attached hydrogens (tertiary/aromatic N) is 4. The van der Waals surface area contributed by atoms with Gasteiger partial charge in [0.1, 0.15) is 0 Å². The molecule has 4 nitrogen and oxygen atoms in total. The van der Waals surface area contributed by atoms with Gasteiger partial charge in [-0.2, -0.15) is 0 Å². The zero-order valence-electron chi connectivity index (χ0n) is 39.5. The molecule has 4 aliphatic carbocycles. The number of aryl methyl sites for hydroxylation is 4. The van der Waals surface area contributed by atoms with E-state index < -0.39 is 0 Å². The highest BCUT2D eigenvalue weighted by molar-refractivity contribution is 5.41. The number of benzene rings is 4. The molecule has 12 rings (SSSR count). The predicted octanol–water partition coefficient (Wildman–Crippen LogP) is 10.7. The predicted molar refractivity (Wildman–Crippen MR) is 257 cm³/mol. The van der Waals surface area contributed by atoms with Gasteiger partial charge in [-0.1, -0.05) is 133 Å². The molecule has 4 aromatic rings. The average Bonchev–Trinajstić information content (AvgIpc) is 4.23. The van der Waals surface area contributed by atoms with Gasteiger partial charge in [0.15, 0.2) is 0 Å². The van der Waals surface area contributed by atoms with Gasteiger partial charge >= 0.3 is 0 Å². The van der Waals surface area contributed by atoms with Crippen LogP contribution in [0, 0.1) is 51.4 Å². The highest BCUT2D eigenvalue weighted by Crippen LogP contribution is 2.61. The summed E-state index contributed by atoms with van der Waals surface area (Å²) in [5.41, 5.74) is 14.0. The second kappa shape index (κ2) is 16.7. The van der Waals surface area contributed by atoms with Crippen molar-refractivity contribution in [3.05, 3.63) is 142 Å². The molecule has 61 heavy (non-hydrogen) atoms. The highest BCUT2D eigenvalue weighted by atomic mass is 15.2. The van der Waals surface area contributed by atoms with E-state index in [2.05, 4.69) is 179 Å². The Morgan fingerprint density at radius 2 is 0.803 bits per heavy atom. The quantitative estimate of drug-likeness (QED) is 0.176. The van der Waals surface area contributed by atoms with Gasteiger partial charge in [-0.3, -0.25) is 4.90 Å². The van der Waals surface area contributed by atoms with Crippen molar-refractivity contribution in [1.29, 1.82) is 0 Å². The third-order valence-electron chi connectivity index (χ3n) is 17.1. The molecule has 4 aliphatic heterocycles. The number of likely N-dealkylation sites (N-methyl/N-ethyl adjacent to an activating group) is 2. The molecule has 8 fully saturated rings. The fourth-order valence-electron chi connectivity index (χ4n) is 12.9. The Bertz CT molecular complexity index is 2110. The van der Waals surface area contributed by atoms with Crippen LogP contribution in [-0.4, -0.2) is 98.1 Å². The summed E-state index contributed by atoms with van der Waals surface area (Å²) in [5.74, 6) is 3.76. The normalized spacial score (nSPS) is 33.9. The van der Waals surface area contributed by atoms with E-state index in [-0.39, 0.29) is 0 Å². The zero-order chi connectivity index (χ0) is 42.7. The lowest BCUT2D eigenvalue weighted by atomic mass is 9.94. The lowest BCUT2D eigenvalue weighted by Crippen LogP contribution is -2.32. The zero-order valence-corrected chi connectivity index (χ0v) is 39.5. The van der Waals surface area contributed by atoms with Crippen LogP contribution in [0.5, 0.6) is 0 Å². The molecule has 8 unspecified atom stereocenters. The maximum absolute atomic E-state index is 2.65. The first-order valence-electron chi connectivity index (χ1n) is 24.5. The second-order valence-electron chi connectivity index (χ2n) is 22.0. The monoisotopic (exact) mass is 819 g/mol. The first-order valence-corrected chi connectivity index (χ1v) is 24.5. The van der Waals surface area contributed by atoms with Gasteiger partial charge in [-0.15, -0.1) is 0 Å². The van der Waals surface area contributed by atoms with E-state index in [1.54, 1.807) is 22.3 Å². The fourth-order valence-corrected chi connectivity index (χ4v) is 12.9. The van der Waals surface area contributed by atoms with Crippen LogP contribution in [0.25, 0.3) is 0 Å². The summed E-state index contributed by atoms with van der Waals surface area (Å²) in [6.07, 6.45) is 6.97. The summed E-state index contributed by atoms with van der Waals surface area (Å²) in [7, 11) is 2.24. The summed E-state index contributed by atoms with van der Waals surface area (Å²) in [4.78, 5) is 10.3. The van der Waals surface area contributed by atoms with Gasteiger partial charge in [-0.25, -0.2) is 0 Å². The molecule has 8 atom stereocenters. The van der Waals surface area contributed by atoms with Crippen molar-refractivity contribution < 1.29 is 0 Å².